The lowest BCUT2D eigenvalue weighted by molar-refractivity contribution is -0.235. The van der Waals surface area contributed by atoms with Crippen molar-refractivity contribution in [3.8, 4) is 0 Å². The number of carboxylic acids is 1. The first-order chi connectivity index (χ1) is 8.31. The van der Waals surface area contributed by atoms with Crippen LogP contribution in [0.5, 0.6) is 0 Å². The molecular weight excluding hydrogens is 234 g/mol. The van der Waals surface area contributed by atoms with Gasteiger partial charge in [-0.25, -0.2) is 9.86 Å². The Morgan fingerprint density at radius 2 is 1.94 bits per heavy atom. The van der Waals surface area contributed by atoms with Gasteiger partial charge in [-0.1, -0.05) is 32.6 Å². The van der Waals surface area contributed by atoms with Gasteiger partial charge in [0.1, 0.15) is 0 Å². The lowest BCUT2D eigenvalue weighted by Crippen LogP contribution is -2.44. The SMILES string of the molecule is CCCCCCC(C(=O)O)N(C=O)OC(C)(C)C. The number of nitrogens with zero attached hydrogens (tertiary/aromatic N) is 1. The molecule has 0 bridgehead atoms. The van der Waals surface area contributed by atoms with Crippen molar-refractivity contribution in [2.45, 2.75) is 71.4 Å². The van der Waals surface area contributed by atoms with Gasteiger partial charge in [0.15, 0.2) is 6.04 Å². The lowest BCUT2D eigenvalue weighted by atomic mass is 10.1. The summed E-state index contributed by atoms with van der Waals surface area (Å²) in [5.74, 6) is -1.03. The van der Waals surface area contributed by atoms with E-state index in [0.717, 1.165) is 30.7 Å². The van der Waals surface area contributed by atoms with Gasteiger partial charge in [0.2, 0.25) is 6.41 Å². The molecule has 0 fully saturated rings. The summed E-state index contributed by atoms with van der Waals surface area (Å²) in [7, 11) is 0. The number of aliphatic carboxylic acids is 1. The highest BCUT2D eigenvalue weighted by molar-refractivity contribution is 5.75. The fraction of sp³-hybridized carbons (Fsp3) is 0.846. The number of amides is 1. The molecule has 0 aliphatic carbocycles. The summed E-state index contributed by atoms with van der Waals surface area (Å²) in [5.41, 5.74) is -0.585. The van der Waals surface area contributed by atoms with Gasteiger partial charge in [0.25, 0.3) is 0 Å². The number of hydrogen-bond donors (Lipinski definition) is 1. The second kappa shape index (κ2) is 8.08. The Morgan fingerprint density at radius 1 is 1.33 bits per heavy atom. The van der Waals surface area contributed by atoms with Crippen molar-refractivity contribution >= 4 is 12.4 Å². The van der Waals surface area contributed by atoms with Gasteiger partial charge in [0.05, 0.1) is 5.60 Å². The topological polar surface area (TPSA) is 66.8 Å². The molecule has 0 saturated heterocycles. The molecule has 0 aromatic carbocycles. The first-order valence-corrected chi connectivity index (χ1v) is 6.47. The van der Waals surface area contributed by atoms with E-state index in [2.05, 4.69) is 6.92 Å². The van der Waals surface area contributed by atoms with Crippen LogP contribution in [0.1, 0.15) is 59.8 Å². The molecule has 0 heterocycles. The zero-order chi connectivity index (χ0) is 14.2. The predicted octanol–water partition coefficient (Wildman–Crippen LogP) is 2.60. The molecule has 0 spiro atoms. The van der Waals surface area contributed by atoms with Gasteiger partial charge in [-0.3, -0.25) is 9.63 Å². The normalized spacial score (nSPS) is 13.1. The largest absolute Gasteiger partial charge is 0.480 e. The van der Waals surface area contributed by atoms with Crippen LogP contribution in [-0.4, -0.2) is 34.2 Å². The molecule has 1 amide bonds. The number of carbonyl (C=O) groups excluding carboxylic acids is 1. The fourth-order valence-corrected chi connectivity index (χ4v) is 1.60. The molecule has 0 saturated carbocycles. The quantitative estimate of drug-likeness (QED) is 0.392. The average Bonchev–Trinajstić information content (AvgIpc) is 2.25. The first kappa shape index (κ1) is 16.9. The van der Waals surface area contributed by atoms with Crippen molar-refractivity contribution in [1.29, 1.82) is 0 Å². The van der Waals surface area contributed by atoms with Crippen molar-refractivity contribution in [2.75, 3.05) is 0 Å². The van der Waals surface area contributed by atoms with Gasteiger partial charge in [-0.15, -0.1) is 0 Å². The van der Waals surface area contributed by atoms with Crippen LogP contribution in [0, 0.1) is 0 Å². The van der Waals surface area contributed by atoms with E-state index >= 15 is 0 Å². The maximum absolute atomic E-state index is 11.2. The summed E-state index contributed by atoms with van der Waals surface area (Å²) in [6, 6.07) is -0.904. The average molecular weight is 259 g/mol. The number of rotatable bonds is 9. The molecule has 0 aliphatic heterocycles. The van der Waals surface area contributed by atoms with E-state index < -0.39 is 17.6 Å². The third-order valence-corrected chi connectivity index (χ3v) is 2.41. The van der Waals surface area contributed by atoms with Gasteiger partial charge in [-0.05, 0) is 27.2 Å². The molecule has 1 atom stereocenters. The molecule has 0 radical (unpaired) electrons. The van der Waals surface area contributed by atoms with Crippen LogP contribution in [-0.2, 0) is 14.4 Å². The Balaban J connectivity index is 4.44. The van der Waals surface area contributed by atoms with Gasteiger partial charge < -0.3 is 5.11 Å². The molecule has 106 valence electrons. The van der Waals surface area contributed by atoms with Crippen LogP contribution in [0.25, 0.3) is 0 Å². The van der Waals surface area contributed by atoms with E-state index in [9.17, 15) is 9.59 Å². The van der Waals surface area contributed by atoms with Gasteiger partial charge in [-0.2, -0.15) is 0 Å². The molecule has 0 aliphatic rings. The Kier molecular flexibility index (Phi) is 7.59. The number of hydroxylamine groups is 2. The maximum atomic E-state index is 11.2. The highest BCUT2D eigenvalue weighted by atomic mass is 16.7. The van der Waals surface area contributed by atoms with Crippen LogP contribution in [0.3, 0.4) is 0 Å². The van der Waals surface area contributed by atoms with E-state index in [1.165, 1.54) is 0 Å². The molecular formula is C13H25NO4. The molecule has 0 aromatic heterocycles. The molecule has 18 heavy (non-hydrogen) atoms. The monoisotopic (exact) mass is 259 g/mol. The third kappa shape index (κ3) is 7.27. The van der Waals surface area contributed by atoms with Crippen LogP contribution in [0.4, 0.5) is 0 Å². The smallest absolute Gasteiger partial charge is 0.329 e. The second-order valence-corrected chi connectivity index (χ2v) is 5.37. The molecule has 5 nitrogen and oxygen atoms in total. The highest BCUT2D eigenvalue weighted by Crippen LogP contribution is 2.16. The summed E-state index contributed by atoms with van der Waals surface area (Å²) < 4.78 is 0. The predicted molar refractivity (Wildman–Crippen MR) is 68.9 cm³/mol. The Labute approximate surface area is 109 Å². The van der Waals surface area contributed by atoms with Gasteiger partial charge >= 0.3 is 5.97 Å². The fourth-order valence-electron chi connectivity index (χ4n) is 1.60. The molecule has 0 rings (SSSR count). The zero-order valence-electron chi connectivity index (χ0n) is 11.8. The van der Waals surface area contributed by atoms with Crippen molar-refractivity contribution in [3.05, 3.63) is 0 Å². The summed E-state index contributed by atoms with van der Waals surface area (Å²) in [4.78, 5) is 27.5. The van der Waals surface area contributed by atoms with E-state index in [-0.39, 0.29) is 0 Å². The number of carbonyl (C=O) groups is 2. The molecule has 0 aromatic rings. The Hall–Kier alpha value is -1.10. The van der Waals surface area contributed by atoms with Gasteiger partial charge in [0, 0.05) is 0 Å². The van der Waals surface area contributed by atoms with Crippen LogP contribution >= 0.6 is 0 Å². The number of hydrogen-bond acceptors (Lipinski definition) is 3. The minimum absolute atomic E-state index is 0.421. The van der Waals surface area contributed by atoms with Crippen LogP contribution in [0.2, 0.25) is 0 Å². The number of carboxylic acid groups (broad SMARTS) is 1. The zero-order valence-corrected chi connectivity index (χ0v) is 11.8. The highest BCUT2D eigenvalue weighted by Gasteiger charge is 2.28. The van der Waals surface area contributed by atoms with Crippen molar-refractivity contribution in [1.82, 2.24) is 5.06 Å². The van der Waals surface area contributed by atoms with E-state index in [0.29, 0.717) is 12.8 Å². The van der Waals surface area contributed by atoms with Crippen molar-refractivity contribution in [2.24, 2.45) is 0 Å². The summed E-state index contributed by atoms with van der Waals surface area (Å²) in [5, 5.41) is 10.1. The first-order valence-electron chi connectivity index (χ1n) is 6.47. The minimum Gasteiger partial charge on any atom is -0.480 e. The maximum Gasteiger partial charge on any atom is 0.329 e. The summed E-state index contributed by atoms with van der Waals surface area (Å²) in [6.45, 7) is 7.42. The van der Waals surface area contributed by atoms with Crippen molar-refractivity contribution < 1.29 is 19.5 Å². The van der Waals surface area contributed by atoms with Crippen LogP contribution in [0.15, 0.2) is 0 Å². The minimum atomic E-state index is -1.03. The third-order valence-electron chi connectivity index (χ3n) is 2.41. The Morgan fingerprint density at radius 3 is 2.33 bits per heavy atom. The summed E-state index contributed by atoms with van der Waals surface area (Å²) >= 11 is 0. The van der Waals surface area contributed by atoms with Crippen LogP contribution < -0.4 is 0 Å². The van der Waals surface area contributed by atoms with Crippen molar-refractivity contribution in [3.63, 3.8) is 0 Å². The molecule has 5 heteroatoms. The van der Waals surface area contributed by atoms with E-state index in [1.54, 1.807) is 20.8 Å². The van der Waals surface area contributed by atoms with E-state index in [1.807, 2.05) is 0 Å². The molecule has 1 N–H and O–H groups in total. The van der Waals surface area contributed by atoms with E-state index in [4.69, 9.17) is 9.94 Å². The standard InChI is InChI=1S/C13H25NO4/c1-5-6-7-8-9-11(12(16)17)14(10-15)18-13(2,3)4/h10-11H,5-9H2,1-4H3,(H,16,17). The molecule has 1 unspecified atom stereocenters. The summed E-state index contributed by atoms with van der Waals surface area (Å²) in [6.07, 6.45) is 4.79. The Bertz CT molecular complexity index is 260. The lowest BCUT2D eigenvalue weighted by Gasteiger charge is -2.30. The number of unbranched alkanes of at least 4 members (excludes halogenated alkanes) is 3. The second-order valence-electron chi connectivity index (χ2n) is 5.37.